The minimum absolute atomic E-state index is 0.297. The quantitative estimate of drug-likeness (QED) is 0.866. The Morgan fingerprint density at radius 1 is 1.42 bits per heavy atom. The summed E-state index contributed by atoms with van der Waals surface area (Å²) in [5.41, 5.74) is 1.07. The summed E-state index contributed by atoms with van der Waals surface area (Å²) in [6, 6.07) is 4.25. The number of nitrogens with zero attached hydrogens (tertiary/aromatic N) is 2. The number of aryl methyl sites for hydroxylation is 1. The van der Waals surface area contributed by atoms with E-state index in [0.717, 1.165) is 43.1 Å². The second-order valence-corrected chi connectivity index (χ2v) is 7.00. The molecule has 2 aromatic heterocycles. The fourth-order valence-electron chi connectivity index (χ4n) is 2.28. The Labute approximate surface area is 120 Å². The van der Waals surface area contributed by atoms with Gasteiger partial charge in [-0.15, -0.1) is 22.7 Å². The predicted molar refractivity (Wildman–Crippen MR) is 79.7 cm³/mol. The third-order valence-electron chi connectivity index (χ3n) is 3.31. The van der Waals surface area contributed by atoms with Crippen molar-refractivity contribution in [1.82, 2.24) is 9.88 Å². The average Bonchev–Trinajstić information content (AvgIpc) is 3.08. The Morgan fingerprint density at radius 2 is 2.32 bits per heavy atom. The molecule has 0 aliphatic carbocycles. The van der Waals surface area contributed by atoms with Crippen molar-refractivity contribution >= 4 is 28.6 Å². The van der Waals surface area contributed by atoms with Gasteiger partial charge >= 0.3 is 0 Å². The molecule has 0 aromatic carbocycles. The summed E-state index contributed by atoms with van der Waals surface area (Å²) in [6.07, 6.45) is 2.61. The van der Waals surface area contributed by atoms with Crippen LogP contribution in [0.15, 0.2) is 17.5 Å². The highest BCUT2D eigenvalue weighted by atomic mass is 32.1. The Morgan fingerprint density at radius 3 is 3.00 bits per heavy atom. The lowest BCUT2D eigenvalue weighted by Crippen LogP contribution is -2.26. The van der Waals surface area contributed by atoms with Crippen molar-refractivity contribution in [2.24, 2.45) is 0 Å². The first-order valence-corrected chi connectivity index (χ1v) is 8.21. The van der Waals surface area contributed by atoms with E-state index in [4.69, 9.17) is 0 Å². The molecular weight excluding hydrogens is 276 g/mol. The molecule has 19 heavy (non-hydrogen) atoms. The van der Waals surface area contributed by atoms with E-state index in [0.29, 0.717) is 5.91 Å². The number of likely N-dealkylation sites (tertiary alicyclic amines) is 1. The monoisotopic (exact) mass is 292 g/mol. The lowest BCUT2D eigenvalue weighted by atomic mass is 10.3. The van der Waals surface area contributed by atoms with Crippen LogP contribution in [0, 0.1) is 6.92 Å². The molecule has 2 aromatic rings. The summed E-state index contributed by atoms with van der Waals surface area (Å²) in [5, 5.41) is 3.24. The molecule has 0 radical (unpaired) electrons. The van der Waals surface area contributed by atoms with E-state index in [1.165, 1.54) is 9.75 Å². The normalized spacial score (nSPS) is 15.4. The SMILES string of the molecule is Cc1ccc(-c2csc(CCN3CCCC3=O)n2)s1. The van der Waals surface area contributed by atoms with Gasteiger partial charge in [-0.25, -0.2) is 4.98 Å². The van der Waals surface area contributed by atoms with Gasteiger partial charge in [0, 0.05) is 36.2 Å². The number of aromatic nitrogens is 1. The van der Waals surface area contributed by atoms with Crippen molar-refractivity contribution < 1.29 is 4.79 Å². The summed E-state index contributed by atoms with van der Waals surface area (Å²) in [4.78, 5) is 20.7. The van der Waals surface area contributed by atoms with Crippen LogP contribution in [-0.4, -0.2) is 28.9 Å². The van der Waals surface area contributed by atoms with E-state index in [1.54, 1.807) is 22.7 Å². The van der Waals surface area contributed by atoms with Gasteiger partial charge in [-0.1, -0.05) is 0 Å². The number of amides is 1. The second kappa shape index (κ2) is 5.43. The van der Waals surface area contributed by atoms with Gasteiger partial charge < -0.3 is 4.90 Å². The molecule has 0 bridgehead atoms. The minimum atomic E-state index is 0.297. The largest absolute Gasteiger partial charge is 0.342 e. The van der Waals surface area contributed by atoms with E-state index in [1.807, 2.05) is 4.90 Å². The fourth-order valence-corrected chi connectivity index (χ4v) is 3.97. The lowest BCUT2D eigenvalue weighted by Gasteiger charge is -2.13. The van der Waals surface area contributed by atoms with E-state index in [-0.39, 0.29) is 0 Å². The number of hydrogen-bond donors (Lipinski definition) is 0. The zero-order valence-electron chi connectivity index (χ0n) is 10.9. The third-order valence-corrected chi connectivity index (χ3v) is 5.24. The van der Waals surface area contributed by atoms with E-state index >= 15 is 0 Å². The zero-order valence-corrected chi connectivity index (χ0v) is 12.5. The summed E-state index contributed by atoms with van der Waals surface area (Å²) in [6.45, 7) is 3.84. The van der Waals surface area contributed by atoms with Crippen molar-refractivity contribution in [3.05, 3.63) is 27.4 Å². The molecule has 1 aliphatic rings. The maximum absolute atomic E-state index is 11.5. The van der Waals surface area contributed by atoms with Crippen LogP contribution >= 0.6 is 22.7 Å². The number of thiazole rings is 1. The maximum atomic E-state index is 11.5. The molecule has 3 rings (SSSR count). The average molecular weight is 292 g/mol. The first kappa shape index (κ1) is 12.8. The molecule has 0 atom stereocenters. The summed E-state index contributed by atoms with van der Waals surface area (Å²) >= 11 is 3.47. The number of carbonyl (C=O) groups excluding carboxylic acids is 1. The molecule has 1 saturated heterocycles. The Hall–Kier alpha value is -1.20. The van der Waals surface area contributed by atoms with Gasteiger partial charge in [0.1, 0.15) is 0 Å². The third kappa shape index (κ3) is 2.87. The van der Waals surface area contributed by atoms with Crippen molar-refractivity contribution in [3.63, 3.8) is 0 Å². The summed E-state index contributed by atoms with van der Waals surface area (Å²) in [5.74, 6) is 0.297. The number of hydrogen-bond acceptors (Lipinski definition) is 4. The molecular formula is C14H16N2OS2. The van der Waals surface area contributed by atoms with Gasteiger partial charge in [-0.05, 0) is 25.5 Å². The molecule has 0 N–H and O–H groups in total. The first-order valence-electron chi connectivity index (χ1n) is 6.51. The maximum Gasteiger partial charge on any atom is 0.222 e. The van der Waals surface area contributed by atoms with Crippen molar-refractivity contribution in [1.29, 1.82) is 0 Å². The minimum Gasteiger partial charge on any atom is -0.342 e. The predicted octanol–water partition coefficient (Wildman–Crippen LogP) is 3.34. The van der Waals surface area contributed by atoms with Crippen molar-refractivity contribution in [2.75, 3.05) is 13.1 Å². The molecule has 3 heterocycles. The van der Waals surface area contributed by atoms with Crippen LogP contribution in [-0.2, 0) is 11.2 Å². The van der Waals surface area contributed by atoms with Gasteiger partial charge in [0.25, 0.3) is 0 Å². The number of carbonyl (C=O) groups is 1. The molecule has 0 spiro atoms. The summed E-state index contributed by atoms with van der Waals surface area (Å²) < 4.78 is 0. The van der Waals surface area contributed by atoms with E-state index < -0.39 is 0 Å². The Kier molecular flexibility index (Phi) is 3.66. The van der Waals surface area contributed by atoms with Crippen molar-refractivity contribution in [3.8, 4) is 10.6 Å². The van der Waals surface area contributed by atoms with Gasteiger partial charge in [-0.2, -0.15) is 0 Å². The summed E-state index contributed by atoms with van der Waals surface area (Å²) in [7, 11) is 0. The highest BCUT2D eigenvalue weighted by Crippen LogP contribution is 2.28. The molecule has 0 saturated carbocycles. The standard InChI is InChI=1S/C14H16N2OS2/c1-10-4-5-12(19-10)11-9-18-13(15-11)6-8-16-7-2-3-14(16)17/h4-5,9H,2-3,6-8H2,1H3. The second-order valence-electron chi connectivity index (χ2n) is 4.77. The Bertz CT molecular complexity index is 588. The van der Waals surface area contributed by atoms with Gasteiger partial charge in [-0.3, -0.25) is 4.79 Å². The highest BCUT2D eigenvalue weighted by Gasteiger charge is 2.19. The van der Waals surface area contributed by atoms with Crippen molar-refractivity contribution in [2.45, 2.75) is 26.2 Å². The molecule has 0 unspecified atom stereocenters. The van der Waals surface area contributed by atoms with Gasteiger partial charge in [0.2, 0.25) is 5.91 Å². The van der Waals surface area contributed by atoms with Crippen LogP contribution in [0.5, 0.6) is 0 Å². The van der Waals surface area contributed by atoms with Crippen LogP contribution in [0.4, 0.5) is 0 Å². The Balaban J connectivity index is 1.63. The van der Waals surface area contributed by atoms with Gasteiger partial charge in [0.15, 0.2) is 0 Å². The molecule has 100 valence electrons. The molecule has 1 amide bonds. The number of thiophene rings is 1. The topological polar surface area (TPSA) is 33.2 Å². The van der Waals surface area contributed by atoms with Crippen LogP contribution in [0.1, 0.15) is 22.7 Å². The molecule has 1 aliphatic heterocycles. The fraction of sp³-hybridized carbons (Fsp3) is 0.429. The van der Waals surface area contributed by atoms with Crippen LogP contribution in [0.2, 0.25) is 0 Å². The van der Waals surface area contributed by atoms with E-state index in [2.05, 4.69) is 29.4 Å². The van der Waals surface area contributed by atoms with E-state index in [9.17, 15) is 4.79 Å². The molecule has 5 heteroatoms. The molecule has 3 nitrogen and oxygen atoms in total. The number of rotatable bonds is 4. The first-order chi connectivity index (χ1) is 9.22. The van der Waals surface area contributed by atoms with Crippen LogP contribution < -0.4 is 0 Å². The van der Waals surface area contributed by atoms with Crippen LogP contribution in [0.25, 0.3) is 10.6 Å². The molecule has 1 fully saturated rings. The highest BCUT2D eigenvalue weighted by molar-refractivity contribution is 7.16. The zero-order chi connectivity index (χ0) is 13.2. The van der Waals surface area contributed by atoms with Gasteiger partial charge in [0.05, 0.1) is 15.6 Å². The smallest absolute Gasteiger partial charge is 0.222 e. The lowest BCUT2D eigenvalue weighted by molar-refractivity contribution is -0.127. The van der Waals surface area contributed by atoms with Crippen LogP contribution in [0.3, 0.4) is 0 Å².